The molecule has 1 amide bonds. The molecule has 0 aliphatic carbocycles. The first-order valence-electron chi connectivity index (χ1n) is 9.41. The van der Waals surface area contributed by atoms with Crippen molar-refractivity contribution in [3.05, 3.63) is 68.0 Å². The SMILES string of the molecule is CCCCN1C(=O)c2oc3ccccc3c(=O)c2C1c1cc(Br)c(O)c(OC)c1. The number of para-hydroxylation sites is 1. The fourth-order valence-electron chi connectivity index (χ4n) is 3.78. The molecule has 2 heterocycles. The molecule has 1 unspecified atom stereocenters. The summed E-state index contributed by atoms with van der Waals surface area (Å²) in [6.45, 7) is 2.53. The zero-order chi connectivity index (χ0) is 20.7. The Labute approximate surface area is 175 Å². The number of hydrogen-bond acceptors (Lipinski definition) is 5. The molecule has 1 aromatic heterocycles. The number of fused-ring (bicyclic) bond motifs is 2. The summed E-state index contributed by atoms with van der Waals surface area (Å²) in [7, 11) is 1.45. The summed E-state index contributed by atoms with van der Waals surface area (Å²) in [5.41, 5.74) is 1.16. The van der Waals surface area contributed by atoms with Crippen molar-refractivity contribution in [2.75, 3.05) is 13.7 Å². The number of rotatable bonds is 5. The highest BCUT2D eigenvalue weighted by Crippen LogP contribution is 2.43. The first-order chi connectivity index (χ1) is 14.0. The van der Waals surface area contributed by atoms with Crippen molar-refractivity contribution in [2.24, 2.45) is 0 Å². The van der Waals surface area contributed by atoms with Gasteiger partial charge in [-0.1, -0.05) is 25.5 Å². The minimum Gasteiger partial charge on any atom is -0.503 e. The number of benzene rings is 2. The first-order valence-corrected chi connectivity index (χ1v) is 10.2. The molecule has 1 aliphatic heterocycles. The van der Waals surface area contributed by atoms with Gasteiger partial charge in [-0.3, -0.25) is 9.59 Å². The quantitative estimate of drug-likeness (QED) is 0.604. The van der Waals surface area contributed by atoms with Gasteiger partial charge in [0.05, 0.1) is 28.6 Å². The number of unbranched alkanes of at least 4 members (excludes halogenated alkanes) is 1. The summed E-state index contributed by atoms with van der Waals surface area (Å²) >= 11 is 3.34. The average molecular weight is 458 g/mol. The number of amides is 1. The van der Waals surface area contributed by atoms with Crippen LogP contribution in [0.25, 0.3) is 11.0 Å². The van der Waals surface area contributed by atoms with Crippen molar-refractivity contribution in [1.29, 1.82) is 0 Å². The van der Waals surface area contributed by atoms with E-state index >= 15 is 0 Å². The standard InChI is InChI=1S/C22H20BrNO5/c1-3-4-9-24-18(12-10-14(23)20(26)16(11-12)28-2)17-19(25)13-7-5-6-8-15(13)29-21(17)22(24)27/h5-8,10-11,18,26H,3-4,9H2,1-2H3. The van der Waals surface area contributed by atoms with Crippen molar-refractivity contribution in [2.45, 2.75) is 25.8 Å². The summed E-state index contributed by atoms with van der Waals surface area (Å²) in [6, 6.07) is 9.67. The molecular formula is C22H20BrNO5. The third kappa shape index (κ3) is 3.09. The van der Waals surface area contributed by atoms with Gasteiger partial charge in [0.15, 0.2) is 16.9 Å². The number of ether oxygens (including phenoxy) is 1. The number of nitrogens with zero attached hydrogens (tertiary/aromatic N) is 1. The second-order valence-electron chi connectivity index (χ2n) is 6.98. The summed E-state index contributed by atoms with van der Waals surface area (Å²) in [5.74, 6) is 0.00442. The van der Waals surface area contributed by atoms with E-state index < -0.39 is 6.04 Å². The van der Waals surface area contributed by atoms with Crippen LogP contribution in [0.1, 0.15) is 47.5 Å². The molecule has 4 rings (SSSR count). The van der Waals surface area contributed by atoms with Gasteiger partial charge < -0.3 is 19.2 Å². The monoisotopic (exact) mass is 457 g/mol. The van der Waals surface area contributed by atoms with Crippen molar-refractivity contribution in [3.63, 3.8) is 0 Å². The van der Waals surface area contributed by atoms with Gasteiger partial charge in [0.1, 0.15) is 5.58 Å². The van der Waals surface area contributed by atoms with Crippen LogP contribution in [-0.4, -0.2) is 29.6 Å². The maximum absolute atomic E-state index is 13.3. The van der Waals surface area contributed by atoms with Gasteiger partial charge in [0, 0.05) is 6.54 Å². The second-order valence-corrected chi connectivity index (χ2v) is 7.83. The van der Waals surface area contributed by atoms with E-state index in [9.17, 15) is 14.7 Å². The molecular weight excluding hydrogens is 438 g/mol. The van der Waals surface area contributed by atoms with E-state index in [1.165, 1.54) is 7.11 Å². The number of aromatic hydroxyl groups is 1. The minimum atomic E-state index is -0.615. The van der Waals surface area contributed by atoms with Gasteiger partial charge in [0.2, 0.25) is 5.76 Å². The van der Waals surface area contributed by atoms with Gasteiger partial charge in [-0.2, -0.15) is 0 Å². The predicted octanol–water partition coefficient (Wildman–Crippen LogP) is 4.62. The predicted molar refractivity (Wildman–Crippen MR) is 113 cm³/mol. The van der Waals surface area contributed by atoms with Gasteiger partial charge in [-0.05, 0) is 52.2 Å². The first kappa shape index (κ1) is 19.5. The second kappa shape index (κ2) is 7.55. The Morgan fingerprint density at radius 3 is 2.72 bits per heavy atom. The highest BCUT2D eigenvalue weighted by Gasteiger charge is 2.42. The zero-order valence-corrected chi connectivity index (χ0v) is 17.7. The highest BCUT2D eigenvalue weighted by molar-refractivity contribution is 9.10. The van der Waals surface area contributed by atoms with Crippen molar-refractivity contribution in [3.8, 4) is 11.5 Å². The van der Waals surface area contributed by atoms with E-state index in [4.69, 9.17) is 9.15 Å². The largest absolute Gasteiger partial charge is 0.503 e. The summed E-state index contributed by atoms with van der Waals surface area (Å²) in [4.78, 5) is 28.2. The molecule has 0 bridgehead atoms. The molecule has 29 heavy (non-hydrogen) atoms. The van der Waals surface area contributed by atoms with E-state index in [2.05, 4.69) is 15.9 Å². The fraction of sp³-hybridized carbons (Fsp3) is 0.273. The fourth-order valence-corrected chi connectivity index (χ4v) is 4.24. The van der Waals surface area contributed by atoms with Crippen LogP contribution < -0.4 is 10.2 Å². The molecule has 1 aliphatic rings. The summed E-state index contributed by atoms with van der Waals surface area (Å²) in [5, 5.41) is 10.6. The zero-order valence-electron chi connectivity index (χ0n) is 16.1. The smallest absolute Gasteiger partial charge is 0.290 e. The molecule has 3 aromatic rings. The van der Waals surface area contributed by atoms with Crippen molar-refractivity contribution < 1.29 is 19.1 Å². The van der Waals surface area contributed by atoms with E-state index in [1.54, 1.807) is 41.3 Å². The number of hydrogen-bond donors (Lipinski definition) is 1. The van der Waals surface area contributed by atoms with Gasteiger partial charge in [-0.25, -0.2) is 0 Å². The third-order valence-corrected chi connectivity index (χ3v) is 5.82. The van der Waals surface area contributed by atoms with Crippen LogP contribution in [0.2, 0.25) is 0 Å². The van der Waals surface area contributed by atoms with E-state index in [0.717, 1.165) is 12.8 Å². The van der Waals surface area contributed by atoms with Crippen LogP contribution >= 0.6 is 15.9 Å². The van der Waals surface area contributed by atoms with Crippen LogP contribution in [-0.2, 0) is 0 Å². The Bertz CT molecular complexity index is 1170. The number of phenols is 1. The lowest BCUT2D eigenvalue weighted by molar-refractivity contribution is 0.0725. The maximum atomic E-state index is 13.3. The molecule has 1 N–H and O–H groups in total. The lowest BCUT2D eigenvalue weighted by atomic mass is 9.98. The Kier molecular flexibility index (Phi) is 5.08. The van der Waals surface area contributed by atoms with Crippen molar-refractivity contribution in [1.82, 2.24) is 4.90 Å². The number of carbonyl (C=O) groups is 1. The average Bonchev–Trinajstić information content (AvgIpc) is 3.00. The highest BCUT2D eigenvalue weighted by atomic mass is 79.9. The molecule has 0 spiro atoms. The van der Waals surface area contributed by atoms with Crippen LogP contribution in [0.15, 0.2) is 50.1 Å². The minimum absolute atomic E-state index is 0.0357. The Hall–Kier alpha value is -2.80. The van der Waals surface area contributed by atoms with Crippen LogP contribution in [0.3, 0.4) is 0 Å². The summed E-state index contributed by atoms with van der Waals surface area (Å²) in [6.07, 6.45) is 1.69. The molecule has 1 atom stereocenters. The Morgan fingerprint density at radius 1 is 1.24 bits per heavy atom. The Morgan fingerprint density at radius 2 is 2.00 bits per heavy atom. The van der Waals surface area contributed by atoms with Gasteiger partial charge >= 0.3 is 0 Å². The van der Waals surface area contributed by atoms with E-state index in [0.29, 0.717) is 33.1 Å². The summed E-state index contributed by atoms with van der Waals surface area (Å²) < 4.78 is 11.6. The normalized spacial score (nSPS) is 15.8. The van der Waals surface area contributed by atoms with Crippen LogP contribution in [0.4, 0.5) is 0 Å². The maximum Gasteiger partial charge on any atom is 0.290 e. The molecule has 6 nitrogen and oxygen atoms in total. The number of halogens is 1. The Balaban J connectivity index is 1.99. The van der Waals surface area contributed by atoms with Crippen LogP contribution in [0, 0.1) is 0 Å². The lowest BCUT2D eigenvalue weighted by Crippen LogP contribution is -2.30. The van der Waals surface area contributed by atoms with Crippen molar-refractivity contribution >= 4 is 32.8 Å². The number of methoxy groups -OCH3 is 1. The number of phenolic OH excluding ortho intramolecular Hbond substituents is 1. The van der Waals surface area contributed by atoms with E-state index in [1.807, 2.05) is 6.92 Å². The van der Waals surface area contributed by atoms with Crippen LogP contribution in [0.5, 0.6) is 11.5 Å². The molecule has 7 heteroatoms. The molecule has 0 radical (unpaired) electrons. The topological polar surface area (TPSA) is 80.0 Å². The lowest BCUT2D eigenvalue weighted by Gasteiger charge is -2.25. The molecule has 0 saturated carbocycles. The van der Waals surface area contributed by atoms with E-state index in [-0.39, 0.29) is 28.6 Å². The molecule has 0 fully saturated rings. The molecule has 0 saturated heterocycles. The molecule has 2 aromatic carbocycles. The number of carbonyl (C=O) groups excluding carboxylic acids is 1. The third-order valence-electron chi connectivity index (χ3n) is 5.21. The molecule has 150 valence electrons. The van der Waals surface area contributed by atoms with Gasteiger partial charge in [0.25, 0.3) is 5.91 Å². The van der Waals surface area contributed by atoms with Gasteiger partial charge in [-0.15, -0.1) is 0 Å².